The highest BCUT2D eigenvalue weighted by molar-refractivity contribution is 5.78. The molecule has 0 saturated heterocycles. The summed E-state index contributed by atoms with van der Waals surface area (Å²) in [6.07, 6.45) is 3.28. The summed E-state index contributed by atoms with van der Waals surface area (Å²) in [7, 11) is 0. The van der Waals surface area contributed by atoms with Crippen molar-refractivity contribution in [3.63, 3.8) is 0 Å². The quantitative estimate of drug-likeness (QED) is 0.800. The average molecular weight is 287 g/mol. The van der Waals surface area contributed by atoms with Crippen LogP contribution in [0.4, 0.5) is 0 Å². The predicted octanol–water partition coefficient (Wildman–Crippen LogP) is 5.09. The first-order valence-corrected chi connectivity index (χ1v) is 8.12. The van der Waals surface area contributed by atoms with E-state index in [2.05, 4.69) is 64.2 Å². The maximum absolute atomic E-state index is 5.96. The lowest BCUT2D eigenvalue weighted by Gasteiger charge is -2.31. The summed E-state index contributed by atoms with van der Waals surface area (Å²) >= 11 is 0. The lowest BCUT2D eigenvalue weighted by molar-refractivity contribution is 0.252. The molecule has 2 aromatic rings. The van der Waals surface area contributed by atoms with Crippen molar-refractivity contribution in [1.29, 1.82) is 0 Å². The maximum atomic E-state index is 5.96. The van der Waals surface area contributed by atoms with E-state index in [0.29, 0.717) is 6.04 Å². The third-order valence-electron chi connectivity index (χ3n) is 4.09. The normalized spacial score (nSPS) is 13.8. The molecule has 2 rings (SSSR count). The fraction of sp³-hybridized carbons (Fsp3) is 0.579. The molecule has 1 aromatic carbocycles. The first-order chi connectivity index (χ1) is 9.90. The van der Waals surface area contributed by atoms with E-state index in [4.69, 9.17) is 4.42 Å². The van der Waals surface area contributed by atoms with Crippen LogP contribution in [0.2, 0.25) is 0 Å². The van der Waals surface area contributed by atoms with Crippen molar-refractivity contribution in [2.24, 2.45) is 5.41 Å². The maximum Gasteiger partial charge on any atom is 0.134 e. The molecule has 1 heterocycles. The first-order valence-electron chi connectivity index (χ1n) is 8.12. The standard InChI is InChI=1S/C19H29NO/c1-6-11-20-18(19(3,4)5)10-8-16-13-15-12-14(2)7-9-17(15)21-16/h7,9,12-13,18,20H,6,8,10-11H2,1-5H3. The minimum atomic E-state index is 0.276. The SMILES string of the molecule is CCCNC(CCc1cc2cc(C)ccc2o1)C(C)(C)C. The van der Waals surface area contributed by atoms with Gasteiger partial charge in [-0.05, 0) is 49.9 Å². The van der Waals surface area contributed by atoms with Crippen LogP contribution in [0.15, 0.2) is 28.7 Å². The minimum Gasteiger partial charge on any atom is -0.461 e. The molecule has 1 aromatic heterocycles. The summed E-state index contributed by atoms with van der Waals surface area (Å²) in [5.41, 5.74) is 2.56. The van der Waals surface area contributed by atoms with Gasteiger partial charge in [-0.1, -0.05) is 39.3 Å². The molecule has 1 atom stereocenters. The predicted molar refractivity (Wildman–Crippen MR) is 90.8 cm³/mol. The molecule has 0 radical (unpaired) electrons. The second kappa shape index (κ2) is 6.65. The highest BCUT2D eigenvalue weighted by Crippen LogP contribution is 2.26. The van der Waals surface area contributed by atoms with E-state index >= 15 is 0 Å². The number of rotatable bonds is 6. The summed E-state index contributed by atoms with van der Waals surface area (Å²) in [5, 5.41) is 4.90. The molecule has 0 amide bonds. The Balaban J connectivity index is 2.04. The zero-order valence-electron chi connectivity index (χ0n) is 14.1. The van der Waals surface area contributed by atoms with Gasteiger partial charge < -0.3 is 9.73 Å². The van der Waals surface area contributed by atoms with Gasteiger partial charge in [-0.15, -0.1) is 0 Å². The Kier molecular flexibility index (Phi) is 5.10. The zero-order chi connectivity index (χ0) is 15.5. The Morgan fingerprint density at radius 1 is 1.19 bits per heavy atom. The van der Waals surface area contributed by atoms with Gasteiger partial charge in [-0.2, -0.15) is 0 Å². The average Bonchev–Trinajstić information content (AvgIpc) is 2.79. The topological polar surface area (TPSA) is 25.2 Å². The number of hydrogen-bond acceptors (Lipinski definition) is 2. The van der Waals surface area contributed by atoms with Crippen LogP contribution in [0.25, 0.3) is 11.0 Å². The van der Waals surface area contributed by atoms with Crippen molar-refractivity contribution >= 4 is 11.0 Å². The number of nitrogens with one attached hydrogen (secondary N) is 1. The Bertz CT molecular complexity index is 577. The Morgan fingerprint density at radius 3 is 2.62 bits per heavy atom. The summed E-state index contributed by atoms with van der Waals surface area (Å²) < 4.78 is 5.96. The lowest BCUT2D eigenvalue weighted by Crippen LogP contribution is -2.41. The molecule has 21 heavy (non-hydrogen) atoms. The summed E-state index contributed by atoms with van der Waals surface area (Å²) in [5.74, 6) is 1.10. The molecule has 0 aliphatic carbocycles. The number of hydrogen-bond donors (Lipinski definition) is 1. The van der Waals surface area contributed by atoms with Crippen molar-refractivity contribution in [1.82, 2.24) is 5.32 Å². The first kappa shape index (κ1) is 16.1. The molecular weight excluding hydrogens is 258 g/mol. The van der Waals surface area contributed by atoms with Gasteiger partial charge in [0.25, 0.3) is 0 Å². The van der Waals surface area contributed by atoms with Crippen molar-refractivity contribution in [2.45, 2.75) is 59.9 Å². The van der Waals surface area contributed by atoms with Crippen LogP contribution >= 0.6 is 0 Å². The van der Waals surface area contributed by atoms with E-state index in [1.165, 1.54) is 17.4 Å². The molecule has 2 heteroatoms. The number of aryl methyl sites for hydroxylation is 2. The van der Waals surface area contributed by atoms with Crippen LogP contribution in [0.1, 0.15) is 51.9 Å². The van der Waals surface area contributed by atoms with E-state index < -0.39 is 0 Å². The van der Waals surface area contributed by atoms with Gasteiger partial charge in [-0.3, -0.25) is 0 Å². The van der Waals surface area contributed by atoms with Gasteiger partial charge in [-0.25, -0.2) is 0 Å². The Labute approximate surface area is 128 Å². The number of fused-ring (bicyclic) bond motifs is 1. The van der Waals surface area contributed by atoms with Crippen LogP contribution < -0.4 is 5.32 Å². The van der Waals surface area contributed by atoms with Crippen LogP contribution in [-0.4, -0.2) is 12.6 Å². The molecule has 0 saturated carbocycles. The molecule has 1 unspecified atom stereocenters. The molecule has 2 nitrogen and oxygen atoms in total. The van der Waals surface area contributed by atoms with Gasteiger partial charge in [0.05, 0.1) is 0 Å². The van der Waals surface area contributed by atoms with Crippen LogP contribution in [0.5, 0.6) is 0 Å². The fourth-order valence-corrected chi connectivity index (χ4v) is 2.79. The summed E-state index contributed by atoms with van der Waals surface area (Å²) in [6.45, 7) is 12.3. The van der Waals surface area contributed by atoms with Crippen LogP contribution in [0, 0.1) is 12.3 Å². The second-order valence-electron chi connectivity index (χ2n) is 7.17. The Hall–Kier alpha value is -1.28. The largest absolute Gasteiger partial charge is 0.461 e. The molecule has 0 bridgehead atoms. The number of furan rings is 1. The number of benzene rings is 1. The van der Waals surface area contributed by atoms with E-state index in [0.717, 1.165) is 30.7 Å². The highest BCUT2D eigenvalue weighted by Gasteiger charge is 2.23. The van der Waals surface area contributed by atoms with E-state index in [9.17, 15) is 0 Å². The molecule has 0 fully saturated rings. The lowest BCUT2D eigenvalue weighted by atomic mass is 9.83. The van der Waals surface area contributed by atoms with Crippen molar-refractivity contribution in [2.75, 3.05) is 6.54 Å². The molecule has 0 aliphatic heterocycles. The van der Waals surface area contributed by atoms with Gasteiger partial charge >= 0.3 is 0 Å². The van der Waals surface area contributed by atoms with Gasteiger partial charge in [0.2, 0.25) is 0 Å². The fourth-order valence-electron chi connectivity index (χ4n) is 2.79. The second-order valence-corrected chi connectivity index (χ2v) is 7.17. The summed E-state index contributed by atoms with van der Waals surface area (Å²) in [6, 6.07) is 9.09. The van der Waals surface area contributed by atoms with E-state index in [-0.39, 0.29) is 5.41 Å². The molecule has 0 spiro atoms. The van der Waals surface area contributed by atoms with Crippen LogP contribution in [-0.2, 0) is 6.42 Å². The van der Waals surface area contributed by atoms with Gasteiger partial charge in [0, 0.05) is 17.8 Å². The molecule has 1 N–H and O–H groups in total. The monoisotopic (exact) mass is 287 g/mol. The zero-order valence-corrected chi connectivity index (χ0v) is 14.1. The third kappa shape index (κ3) is 4.34. The highest BCUT2D eigenvalue weighted by atomic mass is 16.3. The van der Waals surface area contributed by atoms with Crippen molar-refractivity contribution < 1.29 is 4.42 Å². The van der Waals surface area contributed by atoms with Crippen LogP contribution in [0.3, 0.4) is 0 Å². The molecular formula is C19H29NO. The Morgan fingerprint density at radius 2 is 1.95 bits per heavy atom. The van der Waals surface area contributed by atoms with Crippen molar-refractivity contribution in [3.8, 4) is 0 Å². The van der Waals surface area contributed by atoms with Gasteiger partial charge in [0.1, 0.15) is 11.3 Å². The third-order valence-corrected chi connectivity index (χ3v) is 4.09. The molecule has 116 valence electrons. The summed E-state index contributed by atoms with van der Waals surface area (Å²) in [4.78, 5) is 0. The van der Waals surface area contributed by atoms with Crippen molar-refractivity contribution in [3.05, 3.63) is 35.6 Å². The minimum absolute atomic E-state index is 0.276. The van der Waals surface area contributed by atoms with E-state index in [1.807, 2.05) is 0 Å². The van der Waals surface area contributed by atoms with E-state index in [1.54, 1.807) is 0 Å². The smallest absolute Gasteiger partial charge is 0.134 e. The molecule has 0 aliphatic rings. The van der Waals surface area contributed by atoms with Gasteiger partial charge in [0.15, 0.2) is 0 Å².